The van der Waals surface area contributed by atoms with E-state index in [1.807, 2.05) is 6.20 Å². The minimum Gasteiger partial charge on any atom is -0.457 e. The molecule has 9 aromatic rings. The number of rotatable bonds is 7. The summed E-state index contributed by atoms with van der Waals surface area (Å²) in [4.78, 5) is 4.93. The highest BCUT2D eigenvalue weighted by Crippen LogP contribution is 2.75. The number of nitrogens with zero attached hydrogens (tertiary/aromatic N) is 4. The Morgan fingerprint density at radius 1 is 0.508 bits per heavy atom. The number of hydrogen-bond donors (Lipinski definition) is 0. The number of quaternary nitrogens is 2. The summed E-state index contributed by atoms with van der Waals surface area (Å²) in [5, 5.41) is 2.35. The van der Waals surface area contributed by atoms with Gasteiger partial charge >= 0.3 is 0 Å². The van der Waals surface area contributed by atoms with Gasteiger partial charge in [0.25, 0.3) is 0 Å². The van der Waals surface area contributed by atoms with Crippen LogP contribution in [0.15, 0.2) is 164 Å². The summed E-state index contributed by atoms with van der Waals surface area (Å²) in [6.45, 7) is 18.0. The molecular weight excluding hydrogens is 745 g/mol. The van der Waals surface area contributed by atoms with Gasteiger partial charge in [0.1, 0.15) is 17.3 Å². The Bertz CT molecular complexity index is 3220. The first kappa shape index (κ1) is 37.2. The Labute approximate surface area is 358 Å². The zero-order valence-corrected chi connectivity index (χ0v) is 35.9. The van der Waals surface area contributed by atoms with E-state index in [0.717, 1.165) is 45.0 Å². The lowest BCUT2D eigenvalue weighted by Crippen LogP contribution is -2.46. The third-order valence-corrected chi connectivity index (χ3v) is 13.2. The lowest BCUT2D eigenvalue weighted by atomic mass is 9.88. The van der Waals surface area contributed by atoms with Gasteiger partial charge in [0.05, 0.1) is 11.0 Å². The molecule has 0 spiro atoms. The van der Waals surface area contributed by atoms with Crippen molar-refractivity contribution < 1.29 is 4.74 Å². The Kier molecular flexibility index (Phi) is 8.15. The maximum atomic E-state index is 7.08. The number of para-hydroxylation sites is 3. The van der Waals surface area contributed by atoms with E-state index in [4.69, 9.17) is 9.72 Å². The van der Waals surface area contributed by atoms with Gasteiger partial charge in [0, 0.05) is 59.4 Å². The predicted molar refractivity (Wildman–Crippen MR) is 254 cm³/mol. The molecule has 1 saturated heterocycles. The Balaban J connectivity index is 1.08. The highest BCUT2D eigenvalue weighted by atomic mass is 16.5. The maximum Gasteiger partial charge on any atom is 0.225 e. The number of ether oxygens (including phenoxy) is 1. The molecule has 0 radical (unpaired) electrons. The molecule has 2 aromatic heterocycles. The number of aryl methyl sites for hydroxylation is 4. The minimum absolute atomic E-state index is 0.0140. The normalized spacial score (nSPS) is 17.8. The van der Waals surface area contributed by atoms with E-state index >= 15 is 0 Å². The summed E-state index contributed by atoms with van der Waals surface area (Å²) < 4.78 is 10.5. The molecule has 2 aliphatic heterocycles. The van der Waals surface area contributed by atoms with Crippen molar-refractivity contribution in [1.29, 1.82) is 0 Å². The van der Waals surface area contributed by atoms with Gasteiger partial charge in [-0.1, -0.05) is 99.6 Å². The van der Waals surface area contributed by atoms with Crippen molar-refractivity contribution in [2.24, 2.45) is 0 Å². The van der Waals surface area contributed by atoms with E-state index in [9.17, 15) is 0 Å². The molecule has 0 amide bonds. The van der Waals surface area contributed by atoms with Crippen LogP contribution in [0.4, 0.5) is 22.7 Å². The number of pyridine rings is 1. The second-order valence-corrected chi connectivity index (χ2v) is 18.1. The van der Waals surface area contributed by atoms with E-state index < -0.39 is 0 Å². The van der Waals surface area contributed by atoms with Gasteiger partial charge < -0.3 is 4.74 Å². The number of benzene rings is 7. The van der Waals surface area contributed by atoms with Crippen molar-refractivity contribution in [3.05, 3.63) is 198 Å². The van der Waals surface area contributed by atoms with Crippen LogP contribution < -0.4 is 13.9 Å². The standard InChI is InChI=1S/C56H49N4O/c1-36-15-12-16-37(2)54(36)40-19-14-20-43(29-40)59-35-60(59,52-24-11-10-23-51(52)59)44-30-41(55-38(3)17-13-18-39(55)4)31-46(33-44)61-45-25-26-48-47-21-8-9-22-49(47)58(50(48)34-45)53-32-42(27-28-57-53)56(5,6)7/h8-35H,1-7H3/q+1/t59-,60?/m0/s1. The SMILES string of the molecule is Cc1cccc(C)c1-c1cc(Oc2ccc3c4ccccc4n(-c4cc(C(C)(C)C)ccn4)c3c2)cc([N+]23[CH-][N@+]2(c2cccc(-c4c(C)cccc4C)c2)c2ccccc23)c1. The first-order chi connectivity index (χ1) is 29.5. The van der Waals surface area contributed by atoms with Crippen LogP contribution >= 0.6 is 0 Å². The Morgan fingerprint density at radius 3 is 1.82 bits per heavy atom. The smallest absolute Gasteiger partial charge is 0.225 e. The molecule has 0 bridgehead atoms. The topological polar surface area (TPSA) is 27.1 Å². The van der Waals surface area contributed by atoms with Crippen LogP contribution in [-0.2, 0) is 5.41 Å². The van der Waals surface area contributed by atoms with Crippen LogP contribution in [0.25, 0.3) is 49.9 Å². The highest BCUT2D eigenvalue weighted by molar-refractivity contribution is 6.09. The van der Waals surface area contributed by atoms with Crippen molar-refractivity contribution in [3.63, 3.8) is 0 Å². The van der Waals surface area contributed by atoms with Crippen LogP contribution in [0.1, 0.15) is 48.6 Å². The van der Waals surface area contributed by atoms with Crippen LogP contribution in [0.3, 0.4) is 0 Å². The van der Waals surface area contributed by atoms with E-state index in [-0.39, 0.29) is 5.41 Å². The number of fused-ring (bicyclic) bond motifs is 7. The fraction of sp³-hybridized carbons (Fsp3) is 0.143. The van der Waals surface area contributed by atoms with Crippen LogP contribution in [0, 0.1) is 34.4 Å². The molecule has 11 rings (SSSR count). The third kappa shape index (κ3) is 5.51. The molecule has 4 heterocycles. The zero-order chi connectivity index (χ0) is 41.8. The summed E-state index contributed by atoms with van der Waals surface area (Å²) in [5.74, 6) is 2.47. The largest absolute Gasteiger partial charge is 0.457 e. The van der Waals surface area contributed by atoms with E-state index in [1.54, 1.807) is 0 Å². The maximum absolute atomic E-state index is 7.08. The van der Waals surface area contributed by atoms with Gasteiger partial charge in [-0.2, -0.15) is 9.18 Å². The van der Waals surface area contributed by atoms with Crippen molar-refractivity contribution in [1.82, 2.24) is 18.7 Å². The lowest BCUT2D eigenvalue weighted by molar-refractivity contribution is 0.424. The molecule has 0 N–H and O–H groups in total. The lowest BCUT2D eigenvalue weighted by Gasteiger charge is -2.40. The Hall–Kier alpha value is -6.79. The summed E-state index contributed by atoms with van der Waals surface area (Å²) in [6, 6.07) is 57.5. The molecule has 7 aromatic carbocycles. The van der Waals surface area contributed by atoms with E-state index in [1.165, 1.54) is 67.0 Å². The van der Waals surface area contributed by atoms with Gasteiger partial charge in [0.2, 0.25) is 11.4 Å². The minimum atomic E-state index is -0.0140. The van der Waals surface area contributed by atoms with Gasteiger partial charge in [-0.25, -0.2) is 4.98 Å². The monoisotopic (exact) mass is 793 g/mol. The van der Waals surface area contributed by atoms with E-state index in [2.05, 4.69) is 217 Å². The first-order valence-corrected chi connectivity index (χ1v) is 21.3. The average Bonchev–Trinajstić information content (AvgIpc) is 3.74. The summed E-state index contributed by atoms with van der Waals surface area (Å²) in [7, 11) is 0. The summed E-state index contributed by atoms with van der Waals surface area (Å²) in [5.41, 5.74) is 18.3. The summed E-state index contributed by atoms with van der Waals surface area (Å²) >= 11 is 0. The fourth-order valence-electron chi connectivity index (χ4n) is 10.3. The van der Waals surface area contributed by atoms with Gasteiger partial charge in [0.15, 0.2) is 18.0 Å². The molecule has 2 aliphatic rings. The van der Waals surface area contributed by atoms with E-state index in [0.29, 0.717) is 9.18 Å². The second kappa shape index (κ2) is 13.4. The Morgan fingerprint density at radius 2 is 1.11 bits per heavy atom. The fourth-order valence-corrected chi connectivity index (χ4v) is 10.3. The molecule has 298 valence electrons. The molecule has 1 fully saturated rings. The molecular formula is C56H49N4O+. The second-order valence-electron chi connectivity index (χ2n) is 18.1. The predicted octanol–water partition coefficient (Wildman–Crippen LogP) is 15.2. The van der Waals surface area contributed by atoms with Gasteiger partial charge in [-0.3, -0.25) is 4.57 Å². The first-order valence-electron chi connectivity index (χ1n) is 21.3. The average molecular weight is 794 g/mol. The quantitative estimate of drug-likeness (QED) is 0.0913. The highest BCUT2D eigenvalue weighted by Gasteiger charge is 2.78. The molecule has 5 heteroatoms. The van der Waals surface area contributed by atoms with Crippen LogP contribution in [-0.4, -0.2) is 9.55 Å². The molecule has 61 heavy (non-hydrogen) atoms. The van der Waals surface area contributed by atoms with Crippen molar-refractivity contribution in [2.45, 2.75) is 53.9 Å². The zero-order valence-electron chi connectivity index (χ0n) is 35.9. The molecule has 2 atom stereocenters. The van der Waals surface area contributed by atoms with Gasteiger partial charge in [-0.05, 0) is 120 Å². The number of hydrogen-bond acceptors (Lipinski definition) is 2. The molecule has 0 saturated carbocycles. The van der Waals surface area contributed by atoms with Gasteiger partial charge in [-0.15, -0.1) is 0 Å². The van der Waals surface area contributed by atoms with Crippen molar-refractivity contribution >= 4 is 44.6 Å². The summed E-state index contributed by atoms with van der Waals surface area (Å²) in [6.07, 6.45) is 1.93. The van der Waals surface area contributed by atoms with Crippen LogP contribution in [0.2, 0.25) is 0 Å². The van der Waals surface area contributed by atoms with Crippen molar-refractivity contribution in [3.8, 4) is 39.6 Å². The van der Waals surface area contributed by atoms with Crippen molar-refractivity contribution in [2.75, 3.05) is 0 Å². The number of aromatic nitrogens is 2. The third-order valence-electron chi connectivity index (χ3n) is 13.2. The molecule has 5 nitrogen and oxygen atoms in total. The molecule has 1 unspecified atom stereocenters. The molecule has 0 aliphatic carbocycles. The van der Waals surface area contributed by atoms with Crippen LogP contribution in [0.5, 0.6) is 11.5 Å².